The smallest absolute Gasteiger partial charge is 0.257 e. The second kappa shape index (κ2) is 6.67. The van der Waals surface area contributed by atoms with E-state index in [1.165, 1.54) is 25.7 Å². The van der Waals surface area contributed by atoms with Crippen LogP contribution < -0.4 is 15.4 Å². The molecule has 0 atom stereocenters. The number of amides is 1. The summed E-state index contributed by atoms with van der Waals surface area (Å²) in [6, 6.07) is 6.15. The fourth-order valence-electron chi connectivity index (χ4n) is 2.14. The molecule has 1 amide bonds. The number of ether oxygens (including phenoxy) is 1. The third-order valence-corrected chi connectivity index (χ3v) is 4.06. The van der Waals surface area contributed by atoms with Crippen molar-refractivity contribution in [1.29, 1.82) is 0 Å². The summed E-state index contributed by atoms with van der Waals surface area (Å²) in [5, 5.41) is 7.03. The minimum Gasteiger partial charge on any atom is -0.483 e. The summed E-state index contributed by atoms with van der Waals surface area (Å²) in [6.45, 7) is 1.56. The highest BCUT2D eigenvalue weighted by Gasteiger charge is 2.22. The monoisotopic (exact) mass is 308 g/mol. The molecule has 2 N–H and O–H groups in total. The predicted molar refractivity (Wildman–Crippen MR) is 82.5 cm³/mol. The normalized spacial score (nSPS) is 17.6. The molecule has 1 aromatic rings. The van der Waals surface area contributed by atoms with Crippen LogP contribution in [0.4, 0.5) is 0 Å². The molecule has 1 aromatic carbocycles. The fraction of sp³-hybridized carbons (Fsp3) is 0.562. The molecule has 114 valence electrons. The quantitative estimate of drug-likeness (QED) is 0.776. The van der Waals surface area contributed by atoms with Crippen molar-refractivity contribution in [3.8, 4) is 5.75 Å². The lowest BCUT2D eigenvalue weighted by molar-refractivity contribution is -0.123. The standard InChI is InChI=1S/C16H21ClN2O2/c17-13-3-6-15(12(7-13)9-18-14-4-5-14)21-10-16(20)19-8-11-1-2-11/h3,6-7,11,14,18H,1-2,4-5,8-10H2,(H,19,20). The van der Waals surface area contributed by atoms with E-state index in [0.29, 0.717) is 17.0 Å². The van der Waals surface area contributed by atoms with Crippen molar-refractivity contribution in [2.75, 3.05) is 13.2 Å². The highest BCUT2D eigenvalue weighted by molar-refractivity contribution is 6.30. The summed E-state index contributed by atoms with van der Waals surface area (Å²) in [6.07, 6.45) is 4.94. The van der Waals surface area contributed by atoms with Gasteiger partial charge in [0.1, 0.15) is 5.75 Å². The van der Waals surface area contributed by atoms with Crippen LogP contribution in [-0.2, 0) is 11.3 Å². The van der Waals surface area contributed by atoms with Crippen LogP contribution in [0.1, 0.15) is 31.2 Å². The first-order valence-corrected chi connectivity index (χ1v) is 8.00. The maximum Gasteiger partial charge on any atom is 0.257 e. The number of hydrogen-bond donors (Lipinski definition) is 2. The summed E-state index contributed by atoms with van der Waals surface area (Å²) >= 11 is 6.04. The van der Waals surface area contributed by atoms with E-state index in [-0.39, 0.29) is 12.5 Å². The van der Waals surface area contributed by atoms with Crippen LogP contribution >= 0.6 is 11.6 Å². The second-order valence-electron chi connectivity index (χ2n) is 5.94. The third kappa shape index (κ3) is 4.90. The predicted octanol–water partition coefficient (Wildman–Crippen LogP) is 2.50. The fourth-order valence-corrected chi connectivity index (χ4v) is 2.34. The van der Waals surface area contributed by atoms with Gasteiger partial charge in [0, 0.05) is 29.7 Å². The third-order valence-electron chi connectivity index (χ3n) is 3.82. The molecule has 0 aliphatic heterocycles. The average molecular weight is 309 g/mol. The maximum absolute atomic E-state index is 11.7. The molecule has 21 heavy (non-hydrogen) atoms. The van der Waals surface area contributed by atoms with E-state index in [4.69, 9.17) is 16.3 Å². The van der Waals surface area contributed by atoms with Crippen molar-refractivity contribution < 1.29 is 9.53 Å². The molecule has 2 aliphatic carbocycles. The van der Waals surface area contributed by atoms with Crippen LogP contribution in [0.3, 0.4) is 0 Å². The first-order valence-electron chi connectivity index (χ1n) is 7.62. The summed E-state index contributed by atoms with van der Waals surface area (Å²) in [5.41, 5.74) is 1.00. The lowest BCUT2D eigenvalue weighted by Gasteiger charge is -2.12. The first-order chi connectivity index (χ1) is 10.2. The zero-order chi connectivity index (χ0) is 14.7. The van der Waals surface area contributed by atoms with Gasteiger partial charge >= 0.3 is 0 Å². The summed E-state index contributed by atoms with van der Waals surface area (Å²) < 4.78 is 5.65. The number of halogens is 1. The lowest BCUT2D eigenvalue weighted by atomic mass is 10.2. The van der Waals surface area contributed by atoms with E-state index in [9.17, 15) is 4.79 Å². The molecule has 2 aliphatic rings. The Morgan fingerprint density at radius 3 is 2.81 bits per heavy atom. The number of carbonyl (C=O) groups is 1. The average Bonchev–Trinajstić information content (AvgIpc) is 3.36. The first kappa shape index (κ1) is 14.7. The lowest BCUT2D eigenvalue weighted by Crippen LogP contribution is -2.30. The van der Waals surface area contributed by atoms with E-state index in [1.54, 1.807) is 6.07 Å². The largest absolute Gasteiger partial charge is 0.483 e. The molecule has 0 unspecified atom stereocenters. The minimum absolute atomic E-state index is 0.0575. The number of hydrogen-bond acceptors (Lipinski definition) is 3. The van der Waals surface area contributed by atoms with Crippen molar-refractivity contribution in [3.05, 3.63) is 28.8 Å². The molecule has 0 aromatic heterocycles. The van der Waals surface area contributed by atoms with Crippen molar-refractivity contribution >= 4 is 17.5 Å². The van der Waals surface area contributed by atoms with Crippen LogP contribution in [0.5, 0.6) is 5.75 Å². The van der Waals surface area contributed by atoms with Crippen LogP contribution in [0.2, 0.25) is 5.02 Å². The Morgan fingerprint density at radius 1 is 1.29 bits per heavy atom. The molecule has 2 saturated carbocycles. The van der Waals surface area contributed by atoms with Crippen LogP contribution in [0.15, 0.2) is 18.2 Å². The Hall–Kier alpha value is -1.26. The Morgan fingerprint density at radius 2 is 2.10 bits per heavy atom. The van der Waals surface area contributed by atoms with Crippen molar-refractivity contribution in [1.82, 2.24) is 10.6 Å². The molecule has 2 fully saturated rings. The molecule has 4 nitrogen and oxygen atoms in total. The summed E-state index contributed by atoms with van der Waals surface area (Å²) in [7, 11) is 0. The number of rotatable bonds is 8. The van der Waals surface area contributed by atoms with Crippen LogP contribution in [-0.4, -0.2) is 25.1 Å². The molecule has 0 spiro atoms. The Kier molecular flexibility index (Phi) is 4.66. The molecule has 0 saturated heterocycles. The number of carbonyl (C=O) groups excluding carboxylic acids is 1. The van der Waals surface area contributed by atoms with E-state index < -0.39 is 0 Å². The van der Waals surface area contributed by atoms with E-state index in [1.807, 2.05) is 12.1 Å². The van der Waals surface area contributed by atoms with Gasteiger partial charge in [0.05, 0.1) is 0 Å². The Balaban J connectivity index is 1.50. The second-order valence-corrected chi connectivity index (χ2v) is 6.38. The van der Waals surface area contributed by atoms with Gasteiger partial charge in [-0.25, -0.2) is 0 Å². The maximum atomic E-state index is 11.7. The van der Waals surface area contributed by atoms with Gasteiger partial charge < -0.3 is 15.4 Å². The molecule has 0 radical (unpaired) electrons. The highest BCUT2D eigenvalue weighted by Crippen LogP contribution is 2.27. The summed E-state index contributed by atoms with van der Waals surface area (Å²) in [4.78, 5) is 11.7. The topological polar surface area (TPSA) is 50.4 Å². The van der Waals surface area contributed by atoms with Crippen molar-refractivity contribution in [2.45, 2.75) is 38.3 Å². The van der Waals surface area contributed by atoms with Gasteiger partial charge in [0.25, 0.3) is 5.91 Å². The van der Waals surface area contributed by atoms with Gasteiger partial charge in [0.2, 0.25) is 0 Å². The van der Waals surface area contributed by atoms with Crippen molar-refractivity contribution in [3.63, 3.8) is 0 Å². The molecular weight excluding hydrogens is 288 g/mol. The van der Waals surface area contributed by atoms with E-state index >= 15 is 0 Å². The van der Waals surface area contributed by atoms with Gasteiger partial charge in [-0.2, -0.15) is 0 Å². The van der Waals surface area contributed by atoms with E-state index in [0.717, 1.165) is 24.4 Å². The van der Waals surface area contributed by atoms with E-state index in [2.05, 4.69) is 10.6 Å². The number of nitrogens with one attached hydrogen (secondary N) is 2. The molecular formula is C16H21ClN2O2. The molecule has 0 heterocycles. The number of benzene rings is 1. The highest BCUT2D eigenvalue weighted by atomic mass is 35.5. The van der Waals surface area contributed by atoms with Crippen molar-refractivity contribution in [2.24, 2.45) is 5.92 Å². The Bertz CT molecular complexity index is 513. The molecule has 0 bridgehead atoms. The molecule has 3 rings (SSSR count). The minimum atomic E-state index is -0.0575. The molecule has 5 heteroatoms. The van der Waals surface area contributed by atoms with Gasteiger partial charge in [-0.1, -0.05) is 11.6 Å². The SMILES string of the molecule is O=C(COc1ccc(Cl)cc1CNC1CC1)NCC1CC1. The van der Waals surface area contributed by atoms with Crippen LogP contribution in [0.25, 0.3) is 0 Å². The Labute approximate surface area is 130 Å². The van der Waals surface area contributed by atoms with Gasteiger partial charge in [-0.05, 0) is 49.8 Å². The van der Waals surface area contributed by atoms with Gasteiger partial charge in [-0.15, -0.1) is 0 Å². The van der Waals surface area contributed by atoms with Gasteiger partial charge in [-0.3, -0.25) is 4.79 Å². The van der Waals surface area contributed by atoms with Gasteiger partial charge in [0.15, 0.2) is 6.61 Å². The van der Waals surface area contributed by atoms with Crippen LogP contribution in [0, 0.1) is 5.92 Å². The zero-order valence-electron chi connectivity index (χ0n) is 12.0. The summed E-state index contributed by atoms with van der Waals surface area (Å²) in [5.74, 6) is 1.36. The zero-order valence-corrected chi connectivity index (χ0v) is 12.8.